The fourth-order valence-electron chi connectivity index (χ4n) is 5.77. The van der Waals surface area contributed by atoms with Crippen LogP contribution in [-0.4, -0.2) is 62.5 Å². The van der Waals surface area contributed by atoms with Gasteiger partial charge in [0.05, 0.1) is 0 Å². The molecule has 7 heteroatoms. The van der Waals surface area contributed by atoms with Crippen LogP contribution in [0.3, 0.4) is 0 Å². The highest BCUT2D eigenvalue weighted by Crippen LogP contribution is 2.11. The number of hydrogen-bond donors (Lipinski definition) is 2. The van der Waals surface area contributed by atoms with Crippen LogP contribution >= 0.6 is 0 Å². The van der Waals surface area contributed by atoms with Gasteiger partial charge in [-0.1, -0.05) is 140 Å². The highest BCUT2D eigenvalue weighted by Gasteiger charge is 2.22. The minimum Gasteiger partial charge on any atom is -0.463 e. The molecule has 0 aromatic rings. The number of carbonyl (C=O) groups is 3. The molecule has 2 N–H and O–H groups in total. The van der Waals surface area contributed by atoms with Crippen molar-refractivity contribution in [3.63, 3.8) is 0 Å². The van der Waals surface area contributed by atoms with Gasteiger partial charge in [0, 0.05) is 19.4 Å². The first kappa shape index (κ1) is 49.3. The Balaban J connectivity index is 4.21. The minimum atomic E-state index is -0.869. The van der Waals surface area contributed by atoms with Crippen LogP contribution in [-0.2, 0) is 19.1 Å². The third-order valence-corrected chi connectivity index (χ3v) is 9.08. The summed E-state index contributed by atoms with van der Waals surface area (Å²) in [7, 11) is 3.94. The predicted octanol–water partition coefficient (Wildman–Crippen LogP) is 11.1. The fraction of sp³-hybridized carbons (Fsp3) is 0.756. The van der Waals surface area contributed by atoms with Crippen LogP contribution in [0.15, 0.2) is 48.6 Å². The molecular formula is C45H81N3O4. The number of unbranched alkanes of at least 4 members (excludes halogenated alkanes) is 17. The molecule has 0 saturated heterocycles. The van der Waals surface area contributed by atoms with Crippen molar-refractivity contribution in [3.05, 3.63) is 48.6 Å². The molecule has 0 rings (SSSR count). The van der Waals surface area contributed by atoms with Crippen molar-refractivity contribution < 1.29 is 19.1 Å². The van der Waals surface area contributed by atoms with Gasteiger partial charge in [0.15, 0.2) is 0 Å². The molecule has 52 heavy (non-hydrogen) atoms. The average Bonchev–Trinajstić information content (AvgIpc) is 3.12. The third-order valence-electron chi connectivity index (χ3n) is 9.08. The Morgan fingerprint density at radius 3 is 1.58 bits per heavy atom. The van der Waals surface area contributed by atoms with Gasteiger partial charge < -0.3 is 20.3 Å². The van der Waals surface area contributed by atoms with E-state index in [4.69, 9.17) is 4.74 Å². The Kier molecular flexibility index (Phi) is 37.5. The Bertz CT molecular complexity index is 956. The smallest absolute Gasteiger partial charge is 0.305 e. The van der Waals surface area contributed by atoms with Gasteiger partial charge in [0.25, 0.3) is 0 Å². The zero-order valence-electron chi connectivity index (χ0n) is 34.3. The van der Waals surface area contributed by atoms with E-state index in [1.54, 1.807) is 0 Å². The van der Waals surface area contributed by atoms with E-state index in [1.165, 1.54) is 83.5 Å². The molecule has 1 unspecified atom stereocenters. The maximum atomic E-state index is 13.0. The number of carbonyl (C=O) groups excluding carboxylic acids is 3. The number of amides is 2. The monoisotopic (exact) mass is 728 g/mol. The number of allylic oxidation sites excluding steroid dienone is 8. The molecule has 0 spiro atoms. The molecule has 7 nitrogen and oxygen atoms in total. The van der Waals surface area contributed by atoms with Gasteiger partial charge in [0.1, 0.15) is 12.6 Å². The zero-order chi connectivity index (χ0) is 38.2. The fourth-order valence-corrected chi connectivity index (χ4v) is 5.77. The highest BCUT2D eigenvalue weighted by atomic mass is 16.5. The molecule has 0 aromatic heterocycles. The Hall–Kier alpha value is -2.67. The minimum absolute atomic E-state index is 0.129. The molecule has 0 aliphatic carbocycles. The van der Waals surface area contributed by atoms with Crippen molar-refractivity contribution in [2.75, 3.05) is 33.8 Å². The van der Waals surface area contributed by atoms with Crippen LogP contribution < -0.4 is 10.6 Å². The first-order valence-corrected chi connectivity index (χ1v) is 21.4. The average molecular weight is 728 g/mol. The van der Waals surface area contributed by atoms with Crippen LogP contribution in [0.1, 0.15) is 181 Å². The second-order valence-corrected chi connectivity index (χ2v) is 14.6. The molecule has 0 heterocycles. The van der Waals surface area contributed by atoms with E-state index in [0.29, 0.717) is 25.8 Å². The van der Waals surface area contributed by atoms with Gasteiger partial charge in [-0.05, 0) is 97.7 Å². The van der Waals surface area contributed by atoms with Crippen molar-refractivity contribution in [1.29, 1.82) is 0 Å². The highest BCUT2D eigenvalue weighted by molar-refractivity contribution is 5.88. The van der Waals surface area contributed by atoms with Crippen molar-refractivity contribution in [3.8, 4) is 0 Å². The van der Waals surface area contributed by atoms with E-state index in [9.17, 15) is 14.4 Å². The Morgan fingerprint density at radius 1 is 0.558 bits per heavy atom. The molecule has 1 atom stereocenters. The third kappa shape index (κ3) is 37.1. The summed E-state index contributed by atoms with van der Waals surface area (Å²) in [5.74, 6) is -0.783. The predicted molar refractivity (Wildman–Crippen MR) is 222 cm³/mol. The molecule has 2 amide bonds. The van der Waals surface area contributed by atoms with Crippen molar-refractivity contribution in [2.45, 2.75) is 187 Å². The lowest BCUT2D eigenvalue weighted by atomic mass is 10.1. The van der Waals surface area contributed by atoms with Gasteiger partial charge >= 0.3 is 5.97 Å². The quantitative estimate of drug-likeness (QED) is 0.0378. The van der Waals surface area contributed by atoms with E-state index in [0.717, 1.165) is 70.8 Å². The summed E-state index contributed by atoms with van der Waals surface area (Å²) in [6.45, 7) is 5.68. The first-order valence-electron chi connectivity index (χ1n) is 21.4. The van der Waals surface area contributed by atoms with E-state index < -0.39 is 6.04 Å². The van der Waals surface area contributed by atoms with E-state index >= 15 is 0 Å². The normalized spacial score (nSPS) is 12.6. The molecule has 300 valence electrons. The Morgan fingerprint density at radius 2 is 1.04 bits per heavy atom. The molecule has 0 aromatic carbocycles. The molecule has 0 saturated carbocycles. The topological polar surface area (TPSA) is 87.7 Å². The number of nitrogens with zero attached hydrogens (tertiary/aromatic N) is 1. The zero-order valence-corrected chi connectivity index (χ0v) is 34.3. The summed E-state index contributed by atoms with van der Waals surface area (Å²) in [4.78, 5) is 40.1. The van der Waals surface area contributed by atoms with Gasteiger partial charge in [-0.2, -0.15) is 0 Å². The summed E-state index contributed by atoms with van der Waals surface area (Å²) in [6, 6.07) is -0.869. The SMILES string of the molecule is CCCC/C=C\C/C=C\CCCCCCCCC(=O)OCC(NC(=O)CCCN(C)C)C(=O)NCCCCCCCC/C=C\C/C=C\CCCCC. The van der Waals surface area contributed by atoms with Crippen LogP contribution in [0, 0.1) is 0 Å². The first-order chi connectivity index (χ1) is 25.4. The van der Waals surface area contributed by atoms with E-state index in [1.807, 2.05) is 19.0 Å². The van der Waals surface area contributed by atoms with Crippen LogP contribution in [0.2, 0.25) is 0 Å². The summed E-state index contributed by atoms with van der Waals surface area (Å²) < 4.78 is 5.48. The van der Waals surface area contributed by atoms with Gasteiger partial charge in [-0.3, -0.25) is 14.4 Å². The van der Waals surface area contributed by atoms with Gasteiger partial charge in [-0.15, -0.1) is 0 Å². The second kappa shape index (κ2) is 39.5. The second-order valence-electron chi connectivity index (χ2n) is 14.6. The molecule has 0 bridgehead atoms. The van der Waals surface area contributed by atoms with Crippen LogP contribution in [0.25, 0.3) is 0 Å². The molecule has 0 radical (unpaired) electrons. The standard InChI is InChI=1S/C45H81N3O4/c1-5-7-9-11-13-15-17-19-21-23-25-27-29-31-33-35-39-46-45(51)42(47-43(49)37-36-40-48(3)4)41-52-44(50)38-34-32-30-28-26-24-22-20-18-16-14-12-10-8-6-2/h12-15,18-21,42H,5-11,16-17,22-41H2,1-4H3,(H,46,51)(H,47,49)/b14-12-,15-13-,20-18-,21-19-. The van der Waals surface area contributed by atoms with Gasteiger partial charge in [-0.25, -0.2) is 0 Å². The lowest BCUT2D eigenvalue weighted by Gasteiger charge is -2.19. The summed E-state index contributed by atoms with van der Waals surface area (Å²) >= 11 is 0. The Labute approximate surface area is 320 Å². The maximum Gasteiger partial charge on any atom is 0.305 e. The summed E-state index contributed by atoms with van der Waals surface area (Å²) in [5.41, 5.74) is 0. The molecule has 0 aliphatic rings. The summed E-state index contributed by atoms with van der Waals surface area (Å²) in [6.07, 6.45) is 46.0. The molecule has 0 fully saturated rings. The number of ether oxygens (including phenoxy) is 1. The van der Waals surface area contributed by atoms with Crippen LogP contribution in [0.4, 0.5) is 0 Å². The lowest BCUT2D eigenvalue weighted by molar-refractivity contribution is -0.146. The number of nitrogens with one attached hydrogen (secondary N) is 2. The van der Waals surface area contributed by atoms with E-state index in [-0.39, 0.29) is 24.4 Å². The summed E-state index contributed by atoms with van der Waals surface area (Å²) in [5, 5.41) is 5.77. The lowest BCUT2D eigenvalue weighted by Crippen LogP contribution is -2.50. The number of rotatable bonds is 37. The van der Waals surface area contributed by atoms with Crippen molar-refractivity contribution >= 4 is 17.8 Å². The van der Waals surface area contributed by atoms with E-state index in [2.05, 4.69) is 73.1 Å². The number of hydrogen-bond acceptors (Lipinski definition) is 5. The van der Waals surface area contributed by atoms with Crippen molar-refractivity contribution in [2.24, 2.45) is 0 Å². The van der Waals surface area contributed by atoms with Crippen LogP contribution in [0.5, 0.6) is 0 Å². The van der Waals surface area contributed by atoms with Gasteiger partial charge in [0.2, 0.25) is 11.8 Å². The van der Waals surface area contributed by atoms with Crippen molar-refractivity contribution in [1.82, 2.24) is 15.5 Å². The molecular weight excluding hydrogens is 647 g/mol. The number of esters is 1. The largest absolute Gasteiger partial charge is 0.463 e. The molecule has 0 aliphatic heterocycles. The maximum absolute atomic E-state index is 13.0.